The molecule has 0 aromatic heterocycles. The average Bonchev–Trinajstić information content (AvgIpc) is 3.26. The summed E-state index contributed by atoms with van der Waals surface area (Å²) in [5.41, 5.74) is 2.72. The summed E-state index contributed by atoms with van der Waals surface area (Å²) < 4.78 is 0. The predicted octanol–water partition coefficient (Wildman–Crippen LogP) is 4.61. The van der Waals surface area contributed by atoms with Gasteiger partial charge in [-0.3, -0.25) is 0 Å². The van der Waals surface area contributed by atoms with Gasteiger partial charge < -0.3 is 10.2 Å². The predicted molar refractivity (Wildman–Crippen MR) is 88.7 cm³/mol. The Morgan fingerprint density at radius 3 is 2.70 bits per heavy atom. The van der Waals surface area contributed by atoms with Gasteiger partial charge in [0.15, 0.2) is 0 Å². The molecule has 0 bridgehead atoms. The van der Waals surface area contributed by atoms with Crippen molar-refractivity contribution in [3.05, 3.63) is 28.8 Å². The molecule has 0 aliphatic heterocycles. The number of hydrogen-bond donors (Lipinski definition) is 1. The number of rotatable bonds is 9. The van der Waals surface area contributed by atoms with Gasteiger partial charge in [-0.2, -0.15) is 0 Å². The summed E-state index contributed by atoms with van der Waals surface area (Å²) in [7, 11) is 0. The summed E-state index contributed by atoms with van der Waals surface area (Å²) in [5.74, 6) is 0. The zero-order chi connectivity index (χ0) is 14.4. The highest BCUT2D eigenvalue weighted by molar-refractivity contribution is 6.30. The molecule has 0 saturated heterocycles. The highest BCUT2D eigenvalue weighted by Crippen LogP contribution is 2.35. The van der Waals surface area contributed by atoms with Crippen LogP contribution in [0, 0.1) is 0 Å². The van der Waals surface area contributed by atoms with Crippen LogP contribution in [0.1, 0.15) is 51.5 Å². The Kier molecular flexibility index (Phi) is 6.18. The maximum Gasteiger partial charge on any atom is 0.0429 e. The lowest BCUT2D eigenvalue weighted by atomic mass is 10.1. The van der Waals surface area contributed by atoms with Gasteiger partial charge in [-0.1, -0.05) is 37.9 Å². The van der Waals surface area contributed by atoms with Crippen LogP contribution < -0.4 is 10.2 Å². The third-order valence-electron chi connectivity index (χ3n) is 3.84. The van der Waals surface area contributed by atoms with Gasteiger partial charge in [-0.15, -0.1) is 0 Å². The highest BCUT2D eigenvalue weighted by atomic mass is 35.5. The van der Waals surface area contributed by atoms with E-state index in [1.165, 1.54) is 43.4 Å². The fourth-order valence-electron chi connectivity index (χ4n) is 2.57. The van der Waals surface area contributed by atoms with Crippen molar-refractivity contribution in [1.82, 2.24) is 5.32 Å². The molecule has 3 heteroatoms. The second kappa shape index (κ2) is 7.90. The largest absolute Gasteiger partial charge is 0.368 e. The molecule has 1 saturated carbocycles. The molecule has 1 aromatic rings. The summed E-state index contributed by atoms with van der Waals surface area (Å²) in [5, 5.41) is 4.36. The van der Waals surface area contributed by atoms with E-state index in [0.29, 0.717) is 0 Å². The zero-order valence-corrected chi connectivity index (χ0v) is 13.5. The molecule has 1 N–H and O–H groups in total. The minimum Gasteiger partial charge on any atom is -0.368 e. The van der Waals surface area contributed by atoms with E-state index in [4.69, 9.17) is 11.6 Å². The lowest BCUT2D eigenvalue weighted by Gasteiger charge is -2.27. The second-order valence-corrected chi connectivity index (χ2v) is 6.16. The molecule has 2 nitrogen and oxygen atoms in total. The maximum absolute atomic E-state index is 6.23. The van der Waals surface area contributed by atoms with Crippen LogP contribution in [-0.2, 0) is 6.54 Å². The van der Waals surface area contributed by atoms with Gasteiger partial charge in [0.1, 0.15) is 0 Å². The lowest BCUT2D eigenvalue weighted by molar-refractivity contribution is 0.665. The van der Waals surface area contributed by atoms with E-state index in [1.54, 1.807) is 0 Å². The summed E-state index contributed by atoms with van der Waals surface area (Å²) in [6.45, 7) is 7.62. The van der Waals surface area contributed by atoms with E-state index in [1.807, 2.05) is 6.07 Å². The first-order valence-electron chi connectivity index (χ1n) is 8.02. The average molecular weight is 295 g/mol. The van der Waals surface area contributed by atoms with Gasteiger partial charge in [0.05, 0.1) is 0 Å². The Hall–Kier alpha value is -0.730. The van der Waals surface area contributed by atoms with Crippen LogP contribution in [0.2, 0.25) is 5.02 Å². The molecular formula is C17H27ClN2. The number of hydrogen-bond acceptors (Lipinski definition) is 2. The molecule has 1 aliphatic carbocycles. The molecule has 0 heterocycles. The standard InChI is InChI=1S/C17H27ClN2/c1-3-5-11-20(16-8-9-16)17-12-15(18)7-6-14(17)13-19-10-4-2/h6-7,12,16,19H,3-5,8-11,13H2,1-2H3. The van der Waals surface area contributed by atoms with E-state index in [0.717, 1.165) is 30.7 Å². The van der Waals surface area contributed by atoms with Crippen molar-refractivity contribution in [1.29, 1.82) is 0 Å². The third kappa shape index (κ3) is 4.39. The molecule has 112 valence electrons. The van der Waals surface area contributed by atoms with E-state index in [9.17, 15) is 0 Å². The molecule has 2 rings (SSSR count). The molecular weight excluding hydrogens is 268 g/mol. The molecule has 0 radical (unpaired) electrons. The highest BCUT2D eigenvalue weighted by Gasteiger charge is 2.30. The van der Waals surface area contributed by atoms with Gasteiger partial charge in [-0.05, 0) is 49.9 Å². The second-order valence-electron chi connectivity index (χ2n) is 5.73. The van der Waals surface area contributed by atoms with Gasteiger partial charge in [0.2, 0.25) is 0 Å². The fourth-order valence-corrected chi connectivity index (χ4v) is 2.73. The van der Waals surface area contributed by atoms with Crippen molar-refractivity contribution < 1.29 is 0 Å². The first-order valence-corrected chi connectivity index (χ1v) is 8.39. The molecule has 0 spiro atoms. The minimum atomic E-state index is 0.741. The van der Waals surface area contributed by atoms with Crippen LogP contribution in [0.5, 0.6) is 0 Å². The van der Waals surface area contributed by atoms with Gasteiger partial charge in [0, 0.05) is 29.8 Å². The van der Waals surface area contributed by atoms with E-state index in [2.05, 4.69) is 36.2 Å². The molecule has 1 fully saturated rings. The van der Waals surface area contributed by atoms with Gasteiger partial charge in [-0.25, -0.2) is 0 Å². The van der Waals surface area contributed by atoms with Crippen molar-refractivity contribution >= 4 is 17.3 Å². The number of benzene rings is 1. The molecule has 1 aliphatic rings. The molecule has 20 heavy (non-hydrogen) atoms. The van der Waals surface area contributed by atoms with E-state index in [-0.39, 0.29) is 0 Å². The van der Waals surface area contributed by atoms with Crippen LogP contribution in [0.25, 0.3) is 0 Å². The Morgan fingerprint density at radius 2 is 2.05 bits per heavy atom. The zero-order valence-electron chi connectivity index (χ0n) is 12.8. The van der Waals surface area contributed by atoms with Crippen molar-refractivity contribution in [3.63, 3.8) is 0 Å². The summed E-state index contributed by atoms with van der Waals surface area (Å²) in [6.07, 6.45) is 6.33. The number of nitrogens with one attached hydrogen (secondary N) is 1. The summed E-state index contributed by atoms with van der Waals surface area (Å²) in [6, 6.07) is 7.09. The van der Waals surface area contributed by atoms with Crippen molar-refractivity contribution in [2.75, 3.05) is 18.0 Å². The summed E-state index contributed by atoms with van der Waals surface area (Å²) in [4.78, 5) is 2.58. The monoisotopic (exact) mass is 294 g/mol. The molecule has 0 unspecified atom stereocenters. The Labute approximate surface area is 128 Å². The molecule has 0 amide bonds. The Balaban J connectivity index is 2.14. The van der Waals surface area contributed by atoms with Crippen molar-refractivity contribution in [2.45, 2.75) is 58.5 Å². The third-order valence-corrected chi connectivity index (χ3v) is 4.07. The Bertz CT molecular complexity index is 415. The van der Waals surface area contributed by atoms with E-state index >= 15 is 0 Å². The van der Waals surface area contributed by atoms with Crippen molar-refractivity contribution in [2.24, 2.45) is 0 Å². The number of nitrogens with zero attached hydrogens (tertiary/aromatic N) is 1. The number of halogens is 1. The van der Waals surface area contributed by atoms with Gasteiger partial charge in [0.25, 0.3) is 0 Å². The van der Waals surface area contributed by atoms with Crippen LogP contribution in [0.3, 0.4) is 0 Å². The minimum absolute atomic E-state index is 0.741. The number of anilines is 1. The quantitative estimate of drug-likeness (QED) is 0.669. The first-order chi connectivity index (χ1) is 9.76. The van der Waals surface area contributed by atoms with E-state index < -0.39 is 0 Å². The number of unbranched alkanes of at least 4 members (excludes halogenated alkanes) is 1. The summed E-state index contributed by atoms with van der Waals surface area (Å²) >= 11 is 6.23. The van der Waals surface area contributed by atoms with Crippen LogP contribution >= 0.6 is 11.6 Å². The molecule has 0 atom stereocenters. The lowest BCUT2D eigenvalue weighted by Crippen LogP contribution is -2.28. The topological polar surface area (TPSA) is 15.3 Å². The van der Waals surface area contributed by atoms with Gasteiger partial charge >= 0.3 is 0 Å². The van der Waals surface area contributed by atoms with Crippen molar-refractivity contribution in [3.8, 4) is 0 Å². The van der Waals surface area contributed by atoms with Crippen LogP contribution in [-0.4, -0.2) is 19.1 Å². The maximum atomic E-state index is 6.23. The Morgan fingerprint density at radius 1 is 1.25 bits per heavy atom. The fraction of sp³-hybridized carbons (Fsp3) is 0.647. The molecule has 1 aromatic carbocycles. The first kappa shape index (κ1) is 15.7. The van der Waals surface area contributed by atoms with Crippen LogP contribution in [0.15, 0.2) is 18.2 Å². The van der Waals surface area contributed by atoms with Crippen LogP contribution in [0.4, 0.5) is 5.69 Å². The smallest absolute Gasteiger partial charge is 0.0429 e. The normalized spacial score (nSPS) is 14.6. The SMILES string of the molecule is CCCCN(c1cc(Cl)ccc1CNCCC)C1CC1.